The number of hydrogen-bond donors (Lipinski definition) is 0. The van der Waals surface area contributed by atoms with E-state index in [1.54, 1.807) is 0 Å². The third-order valence-corrected chi connectivity index (χ3v) is 8.94. The smallest absolute Gasteiger partial charge is 0.0704 e. The molecular formula is C41H27N3. The minimum absolute atomic E-state index is 0.669. The van der Waals surface area contributed by atoms with Gasteiger partial charge < -0.3 is 0 Å². The fourth-order valence-corrected chi connectivity index (χ4v) is 6.90. The lowest BCUT2D eigenvalue weighted by atomic mass is 9.93. The third kappa shape index (κ3) is 4.01. The number of aromatic nitrogens is 1. The zero-order chi connectivity index (χ0) is 29.0. The topological polar surface area (TPSA) is 37.6 Å². The van der Waals surface area contributed by atoms with Crippen molar-refractivity contribution in [1.82, 2.24) is 4.98 Å². The minimum atomic E-state index is 0.669. The van der Waals surface area contributed by atoms with Gasteiger partial charge in [0.15, 0.2) is 0 Å². The van der Waals surface area contributed by atoms with Crippen LogP contribution in [0.15, 0.2) is 137 Å². The largest absolute Gasteiger partial charge is 0.260 e. The highest BCUT2D eigenvalue weighted by molar-refractivity contribution is 6.26. The number of benzene rings is 8. The van der Waals surface area contributed by atoms with Crippen LogP contribution in [0.5, 0.6) is 0 Å². The van der Waals surface area contributed by atoms with Gasteiger partial charge in [-0.25, -0.2) is 0 Å². The summed E-state index contributed by atoms with van der Waals surface area (Å²) in [5.41, 5.74) is 3.99. The maximum atomic E-state index is 4.91. The summed E-state index contributed by atoms with van der Waals surface area (Å²) in [5, 5.41) is 15.2. The van der Waals surface area contributed by atoms with Crippen LogP contribution in [0.2, 0.25) is 0 Å². The summed E-state index contributed by atoms with van der Waals surface area (Å²) in [7, 11) is 0. The molecule has 1 aromatic heterocycles. The van der Waals surface area contributed by atoms with Crippen molar-refractivity contribution in [2.75, 3.05) is 0 Å². The van der Waals surface area contributed by atoms with E-state index in [9.17, 15) is 0 Å². The van der Waals surface area contributed by atoms with Crippen molar-refractivity contribution in [3.8, 4) is 0 Å². The SMILES string of the molecule is C(Cc1cccc(CC=Nc2ccc3ccc4cccc5ccc2c3c45)n1)=Nc1ccc2ccc3cccc4ccc1c2c34. The lowest BCUT2D eigenvalue weighted by Gasteiger charge is -2.12. The molecule has 0 unspecified atom stereocenters. The molecule has 0 aliphatic heterocycles. The number of aliphatic imine (C=N–C) groups is 2. The Hall–Kier alpha value is -5.67. The summed E-state index contributed by atoms with van der Waals surface area (Å²) >= 11 is 0. The number of hydrogen-bond acceptors (Lipinski definition) is 3. The Labute approximate surface area is 254 Å². The Kier molecular flexibility index (Phi) is 5.63. The standard InChI is InChI=1S/C41H27N3/c1-4-26-10-12-30-16-20-36(34-18-14-28(6-1)38(26)40(30)34)42-24-22-32-8-3-9-33(44-32)23-25-43-37-21-17-31-13-11-27-5-2-7-29-15-19-35(37)41(31)39(27)29/h1-21,24-25H,22-23H2. The molecule has 1 heterocycles. The molecule has 44 heavy (non-hydrogen) atoms. The number of pyridine rings is 1. The van der Waals surface area contributed by atoms with Gasteiger partial charge in [-0.2, -0.15) is 0 Å². The van der Waals surface area contributed by atoms with Crippen LogP contribution in [0.3, 0.4) is 0 Å². The molecule has 0 radical (unpaired) electrons. The van der Waals surface area contributed by atoms with Crippen molar-refractivity contribution >= 4 is 88.4 Å². The van der Waals surface area contributed by atoms with E-state index in [2.05, 4.69) is 127 Å². The molecule has 0 saturated carbocycles. The molecule has 0 bridgehead atoms. The molecule has 9 rings (SSSR count). The van der Waals surface area contributed by atoms with E-state index in [0.717, 1.165) is 22.8 Å². The number of nitrogens with zero attached hydrogens (tertiary/aromatic N) is 3. The molecule has 0 atom stereocenters. The van der Waals surface area contributed by atoms with Gasteiger partial charge >= 0.3 is 0 Å². The van der Waals surface area contributed by atoms with Gasteiger partial charge in [-0.05, 0) is 78.1 Å². The van der Waals surface area contributed by atoms with Gasteiger partial charge in [-0.1, -0.05) is 103 Å². The van der Waals surface area contributed by atoms with Gasteiger partial charge in [-0.15, -0.1) is 0 Å². The Balaban J connectivity index is 0.964. The molecule has 206 valence electrons. The van der Waals surface area contributed by atoms with Crippen LogP contribution in [0.1, 0.15) is 11.4 Å². The Morgan fingerprint density at radius 1 is 0.386 bits per heavy atom. The Morgan fingerprint density at radius 3 is 1.20 bits per heavy atom. The van der Waals surface area contributed by atoms with Crippen molar-refractivity contribution in [2.24, 2.45) is 9.98 Å². The van der Waals surface area contributed by atoms with Crippen molar-refractivity contribution < 1.29 is 0 Å². The molecule has 3 nitrogen and oxygen atoms in total. The molecule has 0 amide bonds. The summed E-state index contributed by atoms with van der Waals surface area (Å²) < 4.78 is 0. The van der Waals surface area contributed by atoms with Crippen LogP contribution < -0.4 is 0 Å². The zero-order valence-electron chi connectivity index (χ0n) is 24.0. The predicted molar refractivity (Wildman–Crippen MR) is 188 cm³/mol. The van der Waals surface area contributed by atoms with E-state index in [-0.39, 0.29) is 0 Å². The van der Waals surface area contributed by atoms with E-state index in [1.807, 2.05) is 12.4 Å². The summed E-state index contributed by atoms with van der Waals surface area (Å²) in [6.07, 6.45) is 5.30. The van der Waals surface area contributed by atoms with Gasteiger partial charge in [0.25, 0.3) is 0 Å². The molecule has 0 aliphatic carbocycles. The van der Waals surface area contributed by atoms with Crippen LogP contribution in [-0.4, -0.2) is 17.4 Å². The zero-order valence-corrected chi connectivity index (χ0v) is 24.0. The quantitative estimate of drug-likeness (QED) is 0.147. The van der Waals surface area contributed by atoms with E-state index in [4.69, 9.17) is 15.0 Å². The second-order valence-corrected chi connectivity index (χ2v) is 11.5. The molecule has 0 aliphatic rings. The van der Waals surface area contributed by atoms with Crippen molar-refractivity contribution in [2.45, 2.75) is 12.8 Å². The number of rotatable bonds is 6. The lowest BCUT2D eigenvalue weighted by Crippen LogP contribution is -1.97. The molecule has 3 heteroatoms. The van der Waals surface area contributed by atoms with Gasteiger partial charge in [0.2, 0.25) is 0 Å². The fraction of sp³-hybridized carbons (Fsp3) is 0.0488. The normalized spacial score (nSPS) is 12.5. The third-order valence-electron chi connectivity index (χ3n) is 8.94. The Bertz CT molecular complexity index is 2350. The van der Waals surface area contributed by atoms with Crippen molar-refractivity contribution in [3.05, 3.63) is 139 Å². The summed E-state index contributed by atoms with van der Waals surface area (Å²) in [5.74, 6) is 0. The lowest BCUT2D eigenvalue weighted by molar-refractivity contribution is 1.06. The maximum absolute atomic E-state index is 4.91. The fourth-order valence-electron chi connectivity index (χ4n) is 6.90. The van der Waals surface area contributed by atoms with Crippen LogP contribution >= 0.6 is 0 Å². The highest BCUT2D eigenvalue weighted by Gasteiger charge is 2.11. The van der Waals surface area contributed by atoms with Gasteiger partial charge in [0.05, 0.1) is 11.4 Å². The molecule has 9 aromatic rings. The average Bonchev–Trinajstić information content (AvgIpc) is 3.07. The summed E-state index contributed by atoms with van der Waals surface area (Å²) in [4.78, 5) is 14.7. The first-order chi connectivity index (χ1) is 21.8. The maximum Gasteiger partial charge on any atom is 0.0704 e. The van der Waals surface area contributed by atoms with E-state index in [0.29, 0.717) is 12.8 Å². The molecule has 0 fully saturated rings. The summed E-state index contributed by atoms with van der Waals surface area (Å²) in [6.45, 7) is 0. The minimum Gasteiger partial charge on any atom is -0.260 e. The van der Waals surface area contributed by atoms with E-state index >= 15 is 0 Å². The second kappa shape index (κ2) is 9.96. The molecule has 0 N–H and O–H groups in total. The van der Waals surface area contributed by atoms with Crippen LogP contribution in [0.25, 0.3) is 64.6 Å². The Morgan fingerprint density at radius 2 is 0.750 bits per heavy atom. The first kappa shape index (κ1) is 24.9. The monoisotopic (exact) mass is 561 g/mol. The highest BCUT2D eigenvalue weighted by Crippen LogP contribution is 2.40. The van der Waals surface area contributed by atoms with Crippen LogP contribution in [0, 0.1) is 0 Å². The summed E-state index contributed by atoms with van der Waals surface area (Å²) in [6, 6.07) is 45.5. The molecule has 8 aromatic carbocycles. The van der Waals surface area contributed by atoms with Crippen molar-refractivity contribution in [3.63, 3.8) is 0 Å². The predicted octanol–water partition coefficient (Wildman–Crippen LogP) is 10.8. The van der Waals surface area contributed by atoms with E-state index in [1.165, 1.54) is 64.6 Å². The van der Waals surface area contributed by atoms with Gasteiger partial charge in [0.1, 0.15) is 0 Å². The van der Waals surface area contributed by atoms with Crippen LogP contribution in [-0.2, 0) is 12.8 Å². The van der Waals surface area contributed by atoms with Gasteiger partial charge in [0, 0.05) is 47.4 Å². The average molecular weight is 562 g/mol. The van der Waals surface area contributed by atoms with E-state index < -0.39 is 0 Å². The first-order valence-electron chi connectivity index (χ1n) is 15.1. The van der Waals surface area contributed by atoms with Crippen LogP contribution in [0.4, 0.5) is 11.4 Å². The highest BCUT2D eigenvalue weighted by atomic mass is 14.8. The van der Waals surface area contributed by atoms with Crippen molar-refractivity contribution in [1.29, 1.82) is 0 Å². The molecule has 0 spiro atoms. The first-order valence-corrected chi connectivity index (χ1v) is 15.1. The molecular weight excluding hydrogens is 534 g/mol. The second-order valence-electron chi connectivity index (χ2n) is 11.5. The van der Waals surface area contributed by atoms with Gasteiger partial charge in [-0.3, -0.25) is 15.0 Å². The molecule has 0 saturated heterocycles.